The summed E-state index contributed by atoms with van der Waals surface area (Å²) in [6.45, 7) is 0. The van der Waals surface area contributed by atoms with Gasteiger partial charge in [-0.1, -0.05) is 97.1 Å². The first-order valence-corrected chi connectivity index (χ1v) is 14.6. The van der Waals surface area contributed by atoms with Crippen LogP contribution in [0.3, 0.4) is 0 Å². The second-order valence-corrected chi connectivity index (χ2v) is 10.7. The maximum absolute atomic E-state index is 9.84. The molecular weight excluding hydrogens is 552 g/mol. The van der Waals surface area contributed by atoms with Gasteiger partial charge in [0, 0.05) is 39.2 Å². The number of rotatable bonds is 5. The predicted molar refractivity (Wildman–Crippen MR) is 178 cm³/mol. The van der Waals surface area contributed by atoms with E-state index in [4.69, 9.17) is 15.0 Å². The minimum absolute atomic E-state index is 0.549. The van der Waals surface area contributed by atoms with Crippen LogP contribution in [0.4, 0.5) is 0 Å². The van der Waals surface area contributed by atoms with Crippen molar-refractivity contribution in [1.82, 2.24) is 24.5 Å². The van der Waals surface area contributed by atoms with Crippen LogP contribution < -0.4 is 0 Å². The molecular formula is C39H24N6. The standard InChI is InChI=1S/C39H24N6/c40-25-26-18-20-31-30-15-7-8-17-34(30)45(35(31)23-26)36-24-29(33-16-9-10-22-41-33)19-21-32(36)39-43-37(27-11-3-1-4-12-27)42-38(44-39)28-13-5-2-6-14-28/h1-24H. The highest BCUT2D eigenvalue weighted by Crippen LogP contribution is 2.38. The van der Waals surface area contributed by atoms with Gasteiger partial charge in [0.1, 0.15) is 0 Å². The average Bonchev–Trinajstić information content (AvgIpc) is 3.45. The minimum atomic E-state index is 0.549. The summed E-state index contributed by atoms with van der Waals surface area (Å²) in [5.41, 5.74) is 7.86. The minimum Gasteiger partial charge on any atom is -0.308 e. The molecule has 0 spiro atoms. The fourth-order valence-corrected chi connectivity index (χ4v) is 5.83. The maximum Gasteiger partial charge on any atom is 0.166 e. The Kier molecular flexibility index (Phi) is 6.40. The Labute approximate surface area is 259 Å². The van der Waals surface area contributed by atoms with Gasteiger partial charge in [0.05, 0.1) is 34.0 Å². The Hall–Kier alpha value is -6.45. The van der Waals surface area contributed by atoms with E-state index in [0.717, 1.165) is 55.4 Å². The van der Waals surface area contributed by atoms with Gasteiger partial charge < -0.3 is 4.57 Å². The van der Waals surface area contributed by atoms with Crippen molar-refractivity contribution in [3.05, 3.63) is 151 Å². The van der Waals surface area contributed by atoms with Crippen molar-refractivity contribution < 1.29 is 0 Å². The van der Waals surface area contributed by atoms with E-state index in [1.54, 1.807) is 6.20 Å². The van der Waals surface area contributed by atoms with Gasteiger partial charge in [0.25, 0.3) is 0 Å². The molecule has 5 aromatic carbocycles. The van der Waals surface area contributed by atoms with Crippen LogP contribution >= 0.6 is 0 Å². The van der Waals surface area contributed by atoms with Crippen molar-refractivity contribution in [2.45, 2.75) is 0 Å². The smallest absolute Gasteiger partial charge is 0.166 e. The molecule has 8 aromatic rings. The van der Waals surface area contributed by atoms with E-state index in [-0.39, 0.29) is 0 Å². The quantitative estimate of drug-likeness (QED) is 0.204. The molecule has 6 nitrogen and oxygen atoms in total. The molecule has 210 valence electrons. The number of nitriles is 1. The lowest BCUT2D eigenvalue weighted by Gasteiger charge is -2.16. The van der Waals surface area contributed by atoms with Crippen molar-refractivity contribution in [2.24, 2.45) is 0 Å². The van der Waals surface area contributed by atoms with Crippen LogP contribution in [0.25, 0.3) is 72.9 Å². The zero-order valence-corrected chi connectivity index (χ0v) is 24.0. The molecule has 0 N–H and O–H groups in total. The first-order valence-electron chi connectivity index (χ1n) is 14.6. The topological polar surface area (TPSA) is 80.3 Å². The summed E-state index contributed by atoms with van der Waals surface area (Å²) in [5.74, 6) is 1.73. The number of hydrogen-bond donors (Lipinski definition) is 0. The number of fused-ring (bicyclic) bond motifs is 3. The van der Waals surface area contributed by atoms with Gasteiger partial charge >= 0.3 is 0 Å². The molecule has 8 rings (SSSR count). The van der Waals surface area contributed by atoms with E-state index >= 15 is 0 Å². The zero-order valence-electron chi connectivity index (χ0n) is 24.0. The molecule has 3 aromatic heterocycles. The van der Waals surface area contributed by atoms with Gasteiger partial charge in [-0.15, -0.1) is 0 Å². The molecule has 0 aliphatic heterocycles. The van der Waals surface area contributed by atoms with E-state index in [0.29, 0.717) is 23.0 Å². The second-order valence-electron chi connectivity index (χ2n) is 10.7. The summed E-state index contributed by atoms with van der Waals surface area (Å²) in [5, 5.41) is 12.0. The summed E-state index contributed by atoms with van der Waals surface area (Å²) < 4.78 is 2.21. The summed E-state index contributed by atoms with van der Waals surface area (Å²) in [7, 11) is 0. The molecule has 3 heterocycles. The highest BCUT2D eigenvalue weighted by molar-refractivity contribution is 6.10. The van der Waals surface area contributed by atoms with Crippen LogP contribution in [0.5, 0.6) is 0 Å². The largest absolute Gasteiger partial charge is 0.308 e. The third-order valence-corrected chi connectivity index (χ3v) is 7.94. The number of hydrogen-bond acceptors (Lipinski definition) is 5. The molecule has 0 aliphatic rings. The highest BCUT2D eigenvalue weighted by Gasteiger charge is 2.20. The van der Waals surface area contributed by atoms with E-state index < -0.39 is 0 Å². The first-order chi connectivity index (χ1) is 22.3. The summed E-state index contributed by atoms with van der Waals surface area (Å²) in [6.07, 6.45) is 1.80. The Bertz CT molecular complexity index is 2320. The summed E-state index contributed by atoms with van der Waals surface area (Å²) in [6, 6.07) is 48.6. The molecule has 0 amide bonds. The van der Waals surface area contributed by atoms with E-state index in [1.165, 1.54) is 0 Å². The molecule has 0 atom stereocenters. The van der Waals surface area contributed by atoms with Gasteiger partial charge in [-0.3, -0.25) is 4.98 Å². The summed E-state index contributed by atoms with van der Waals surface area (Å²) >= 11 is 0. The Morgan fingerprint density at radius 1 is 0.511 bits per heavy atom. The van der Waals surface area contributed by atoms with E-state index in [9.17, 15) is 5.26 Å². The third kappa shape index (κ3) is 4.69. The SMILES string of the molecule is N#Cc1ccc2c3ccccc3n(-c3cc(-c4ccccn4)ccc3-c3nc(-c4ccccc4)nc(-c4ccccc4)n3)c2c1. The van der Waals surface area contributed by atoms with Crippen LogP contribution in [0.15, 0.2) is 146 Å². The summed E-state index contributed by atoms with van der Waals surface area (Å²) in [4.78, 5) is 19.7. The third-order valence-electron chi connectivity index (χ3n) is 7.94. The van der Waals surface area contributed by atoms with Crippen LogP contribution in [0.1, 0.15) is 5.56 Å². The molecule has 6 heteroatoms. The molecule has 45 heavy (non-hydrogen) atoms. The Morgan fingerprint density at radius 2 is 1.16 bits per heavy atom. The number of aromatic nitrogens is 5. The molecule has 0 saturated carbocycles. The van der Waals surface area contributed by atoms with Crippen molar-refractivity contribution in [1.29, 1.82) is 5.26 Å². The van der Waals surface area contributed by atoms with Crippen molar-refractivity contribution in [3.8, 4) is 57.2 Å². The molecule has 0 bridgehead atoms. The first kappa shape index (κ1) is 26.2. The molecule has 0 aliphatic carbocycles. The van der Waals surface area contributed by atoms with Crippen molar-refractivity contribution >= 4 is 21.8 Å². The van der Waals surface area contributed by atoms with Crippen LogP contribution in [0.2, 0.25) is 0 Å². The van der Waals surface area contributed by atoms with Gasteiger partial charge in [-0.05, 0) is 42.5 Å². The Morgan fingerprint density at radius 3 is 1.84 bits per heavy atom. The van der Waals surface area contributed by atoms with Gasteiger partial charge in [-0.2, -0.15) is 5.26 Å². The fraction of sp³-hybridized carbons (Fsp3) is 0. The lowest BCUT2D eigenvalue weighted by molar-refractivity contribution is 1.06. The predicted octanol–water partition coefficient (Wildman–Crippen LogP) is 8.90. The lowest BCUT2D eigenvalue weighted by atomic mass is 10.0. The second kappa shape index (κ2) is 11.0. The number of pyridine rings is 1. The normalized spacial score (nSPS) is 11.1. The lowest BCUT2D eigenvalue weighted by Crippen LogP contribution is -2.04. The van der Waals surface area contributed by atoms with E-state index in [2.05, 4.69) is 46.0 Å². The molecule has 0 saturated heterocycles. The zero-order chi connectivity index (χ0) is 30.2. The monoisotopic (exact) mass is 576 g/mol. The van der Waals surface area contributed by atoms with Gasteiger partial charge in [-0.25, -0.2) is 15.0 Å². The molecule has 0 unspecified atom stereocenters. The Balaban J connectivity index is 1.47. The van der Waals surface area contributed by atoms with E-state index in [1.807, 2.05) is 109 Å². The van der Waals surface area contributed by atoms with Gasteiger partial charge in [0.2, 0.25) is 0 Å². The highest BCUT2D eigenvalue weighted by atomic mass is 15.1. The number of nitrogens with zero attached hydrogens (tertiary/aromatic N) is 6. The van der Waals surface area contributed by atoms with Crippen molar-refractivity contribution in [3.63, 3.8) is 0 Å². The van der Waals surface area contributed by atoms with Crippen molar-refractivity contribution in [2.75, 3.05) is 0 Å². The average molecular weight is 577 g/mol. The van der Waals surface area contributed by atoms with Crippen LogP contribution in [0, 0.1) is 11.3 Å². The number of para-hydroxylation sites is 1. The number of benzene rings is 5. The van der Waals surface area contributed by atoms with Crippen LogP contribution in [-0.4, -0.2) is 24.5 Å². The fourth-order valence-electron chi connectivity index (χ4n) is 5.83. The van der Waals surface area contributed by atoms with Crippen LogP contribution in [-0.2, 0) is 0 Å². The molecule has 0 radical (unpaired) electrons. The molecule has 0 fully saturated rings. The van der Waals surface area contributed by atoms with Gasteiger partial charge in [0.15, 0.2) is 17.5 Å². The maximum atomic E-state index is 9.84.